The van der Waals surface area contributed by atoms with Crippen LogP contribution in [0.25, 0.3) is 0 Å². The molecule has 0 fully saturated rings. The third-order valence-corrected chi connectivity index (χ3v) is 3.10. The summed E-state index contributed by atoms with van der Waals surface area (Å²) in [5.41, 5.74) is 2.69. The van der Waals surface area contributed by atoms with Crippen LogP contribution >= 0.6 is 0 Å². The molecule has 0 radical (unpaired) electrons. The molecular formula is C15H16F2N2. The molecule has 0 aliphatic heterocycles. The molecule has 0 amide bonds. The van der Waals surface area contributed by atoms with E-state index in [1.165, 1.54) is 6.07 Å². The Morgan fingerprint density at radius 3 is 2.00 bits per heavy atom. The van der Waals surface area contributed by atoms with E-state index in [-0.39, 0.29) is 6.04 Å². The van der Waals surface area contributed by atoms with E-state index >= 15 is 0 Å². The van der Waals surface area contributed by atoms with Gasteiger partial charge in [0.15, 0.2) is 11.6 Å². The second-order valence-corrected chi connectivity index (χ2v) is 4.27. The van der Waals surface area contributed by atoms with E-state index in [0.717, 1.165) is 17.3 Å². The number of hydrogen-bond donors (Lipinski definition) is 2. The summed E-state index contributed by atoms with van der Waals surface area (Å²) in [5.74, 6) is -1.66. The summed E-state index contributed by atoms with van der Waals surface area (Å²) < 4.78 is 26.3. The number of nitrogens with one attached hydrogen (secondary N) is 2. The predicted octanol–water partition coefficient (Wildman–Crippen LogP) is 3.32. The first-order valence-corrected chi connectivity index (χ1v) is 6.05. The molecule has 0 bridgehead atoms. The quantitative estimate of drug-likeness (QED) is 0.883. The maximum atomic E-state index is 13.3. The summed E-state index contributed by atoms with van der Waals surface area (Å²) in [4.78, 5) is 0. The van der Waals surface area contributed by atoms with Gasteiger partial charge < -0.3 is 10.6 Å². The molecule has 0 aliphatic carbocycles. The third-order valence-electron chi connectivity index (χ3n) is 3.10. The van der Waals surface area contributed by atoms with Crippen molar-refractivity contribution in [2.45, 2.75) is 6.04 Å². The van der Waals surface area contributed by atoms with Gasteiger partial charge in [-0.1, -0.05) is 18.2 Å². The Bertz CT molecular complexity index is 553. The highest BCUT2D eigenvalue weighted by Crippen LogP contribution is 2.24. The topological polar surface area (TPSA) is 24.1 Å². The number of benzene rings is 2. The average Bonchev–Trinajstić information content (AvgIpc) is 2.44. The van der Waals surface area contributed by atoms with Crippen LogP contribution < -0.4 is 10.6 Å². The number of hydrogen-bond acceptors (Lipinski definition) is 2. The molecule has 2 rings (SSSR count). The third kappa shape index (κ3) is 2.90. The summed E-state index contributed by atoms with van der Waals surface area (Å²) in [5, 5.41) is 6.15. The Morgan fingerprint density at radius 2 is 1.47 bits per heavy atom. The smallest absolute Gasteiger partial charge is 0.159 e. The van der Waals surface area contributed by atoms with Gasteiger partial charge in [-0.25, -0.2) is 8.78 Å². The van der Waals surface area contributed by atoms with Crippen molar-refractivity contribution in [2.75, 3.05) is 19.4 Å². The molecule has 19 heavy (non-hydrogen) atoms. The lowest BCUT2D eigenvalue weighted by atomic mass is 9.98. The Morgan fingerprint density at radius 1 is 0.842 bits per heavy atom. The first-order chi connectivity index (χ1) is 9.15. The zero-order chi connectivity index (χ0) is 13.8. The van der Waals surface area contributed by atoms with Gasteiger partial charge in [-0.15, -0.1) is 0 Å². The summed E-state index contributed by atoms with van der Waals surface area (Å²) in [7, 11) is 3.64. The molecule has 0 saturated carbocycles. The van der Waals surface area contributed by atoms with Crippen LogP contribution in [-0.4, -0.2) is 14.1 Å². The van der Waals surface area contributed by atoms with Crippen LogP contribution in [0, 0.1) is 11.6 Å². The van der Waals surface area contributed by atoms with Gasteiger partial charge in [0, 0.05) is 12.7 Å². The van der Waals surface area contributed by atoms with E-state index in [0.29, 0.717) is 5.56 Å². The Balaban J connectivity index is 2.34. The molecule has 1 atom stereocenters. The van der Waals surface area contributed by atoms with Gasteiger partial charge in [0.2, 0.25) is 0 Å². The SMILES string of the molecule is CNc1ccc(C(NC)c2ccc(F)c(F)c2)cc1. The zero-order valence-electron chi connectivity index (χ0n) is 10.9. The number of anilines is 1. The van der Waals surface area contributed by atoms with Crippen molar-refractivity contribution in [1.82, 2.24) is 5.32 Å². The molecule has 0 spiro atoms. The van der Waals surface area contributed by atoms with Crippen molar-refractivity contribution in [3.8, 4) is 0 Å². The molecule has 4 heteroatoms. The highest BCUT2D eigenvalue weighted by atomic mass is 19.2. The molecule has 0 aliphatic rings. The van der Waals surface area contributed by atoms with Gasteiger partial charge in [0.1, 0.15) is 0 Å². The molecule has 2 aromatic rings. The van der Waals surface area contributed by atoms with Gasteiger partial charge in [-0.2, -0.15) is 0 Å². The second-order valence-electron chi connectivity index (χ2n) is 4.27. The Kier molecular flexibility index (Phi) is 4.12. The standard InChI is InChI=1S/C15H16F2N2/c1-18-12-6-3-10(4-7-12)15(19-2)11-5-8-13(16)14(17)9-11/h3-9,15,18-19H,1-2H3. The summed E-state index contributed by atoms with van der Waals surface area (Å²) in [6.07, 6.45) is 0. The molecule has 0 heterocycles. The highest BCUT2D eigenvalue weighted by molar-refractivity contribution is 5.46. The van der Waals surface area contributed by atoms with Crippen LogP contribution in [-0.2, 0) is 0 Å². The fraction of sp³-hybridized carbons (Fsp3) is 0.200. The molecule has 100 valence electrons. The van der Waals surface area contributed by atoms with Gasteiger partial charge in [-0.3, -0.25) is 0 Å². The van der Waals surface area contributed by atoms with Gasteiger partial charge in [0.25, 0.3) is 0 Å². The van der Waals surface area contributed by atoms with Crippen molar-refractivity contribution < 1.29 is 8.78 Å². The summed E-state index contributed by atoms with van der Waals surface area (Å²) in [6.45, 7) is 0. The number of rotatable bonds is 4. The highest BCUT2D eigenvalue weighted by Gasteiger charge is 2.14. The predicted molar refractivity (Wildman–Crippen MR) is 73.2 cm³/mol. The minimum atomic E-state index is -0.830. The molecule has 2 aromatic carbocycles. The Labute approximate surface area is 111 Å². The lowest BCUT2D eigenvalue weighted by molar-refractivity contribution is 0.505. The van der Waals surface area contributed by atoms with E-state index in [9.17, 15) is 8.78 Å². The van der Waals surface area contributed by atoms with Gasteiger partial charge in [-0.05, 0) is 42.4 Å². The molecule has 0 saturated heterocycles. The second kappa shape index (κ2) is 5.80. The first-order valence-electron chi connectivity index (χ1n) is 6.05. The minimum Gasteiger partial charge on any atom is -0.388 e. The summed E-state index contributed by atoms with van der Waals surface area (Å²) >= 11 is 0. The minimum absolute atomic E-state index is 0.166. The van der Waals surface area contributed by atoms with Crippen molar-refractivity contribution in [2.24, 2.45) is 0 Å². The van der Waals surface area contributed by atoms with Crippen molar-refractivity contribution >= 4 is 5.69 Å². The molecule has 0 aromatic heterocycles. The first kappa shape index (κ1) is 13.5. The lowest BCUT2D eigenvalue weighted by Gasteiger charge is -2.18. The maximum absolute atomic E-state index is 13.3. The largest absolute Gasteiger partial charge is 0.388 e. The van der Waals surface area contributed by atoms with E-state index in [1.54, 1.807) is 13.1 Å². The van der Waals surface area contributed by atoms with Gasteiger partial charge >= 0.3 is 0 Å². The fourth-order valence-electron chi connectivity index (χ4n) is 2.06. The monoisotopic (exact) mass is 262 g/mol. The lowest BCUT2D eigenvalue weighted by Crippen LogP contribution is -2.18. The fourth-order valence-corrected chi connectivity index (χ4v) is 2.06. The van der Waals surface area contributed by atoms with Crippen molar-refractivity contribution in [3.05, 3.63) is 65.2 Å². The van der Waals surface area contributed by atoms with Crippen LogP contribution in [0.2, 0.25) is 0 Å². The van der Waals surface area contributed by atoms with E-state index in [4.69, 9.17) is 0 Å². The van der Waals surface area contributed by atoms with Crippen molar-refractivity contribution in [3.63, 3.8) is 0 Å². The molecular weight excluding hydrogens is 246 g/mol. The van der Waals surface area contributed by atoms with Gasteiger partial charge in [0.05, 0.1) is 6.04 Å². The molecule has 2 N–H and O–H groups in total. The van der Waals surface area contributed by atoms with Crippen LogP contribution in [0.4, 0.5) is 14.5 Å². The normalized spacial score (nSPS) is 12.2. The maximum Gasteiger partial charge on any atom is 0.159 e. The Hall–Kier alpha value is -1.94. The van der Waals surface area contributed by atoms with Crippen LogP contribution in [0.15, 0.2) is 42.5 Å². The average molecular weight is 262 g/mol. The van der Waals surface area contributed by atoms with Crippen LogP contribution in [0.3, 0.4) is 0 Å². The van der Waals surface area contributed by atoms with E-state index < -0.39 is 11.6 Å². The zero-order valence-corrected chi connectivity index (χ0v) is 10.9. The van der Waals surface area contributed by atoms with Crippen LogP contribution in [0.5, 0.6) is 0 Å². The van der Waals surface area contributed by atoms with E-state index in [2.05, 4.69) is 10.6 Å². The summed E-state index contributed by atoms with van der Waals surface area (Å²) in [6, 6.07) is 11.6. The molecule has 2 nitrogen and oxygen atoms in total. The number of halogens is 2. The van der Waals surface area contributed by atoms with Crippen LogP contribution in [0.1, 0.15) is 17.2 Å². The molecule has 1 unspecified atom stereocenters. The van der Waals surface area contributed by atoms with E-state index in [1.807, 2.05) is 31.3 Å². The van der Waals surface area contributed by atoms with Crippen molar-refractivity contribution in [1.29, 1.82) is 0 Å².